The topological polar surface area (TPSA) is 64.3 Å². The quantitative estimate of drug-likeness (QED) is 0.900. The van der Waals surface area contributed by atoms with Crippen molar-refractivity contribution in [2.24, 2.45) is 5.73 Å². The molecule has 2 rings (SSSR count). The van der Waals surface area contributed by atoms with Crippen LogP contribution in [0.2, 0.25) is 0 Å². The van der Waals surface area contributed by atoms with Gasteiger partial charge < -0.3 is 15.8 Å². The first-order valence-corrected chi connectivity index (χ1v) is 6.08. The number of halogens is 1. The zero-order valence-electron chi connectivity index (χ0n) is 11.0. The Bertz CT molecular complexity index is 612. The van der Waals surface area contributed by atoms with Gasteiger partial charge in [0, 0.05) is 23.9 Å². The summed E-state index contributed by atoms with van der Waals surface area (Å²) in [6.45, 7) is 0.428. The SMILES string of the molecule is COc1cc(NC(=O)c2ccc(CN)cc2)ccc1F. The van der Waals surface area contributed by atoms with Crippen molar-refractivity contribution in [2.75, 3.05) is 12.4 Å². The Balaban J connectivity index is 2.14. The summed E-state index contributed by atoms with van der Waals surface area (Å²) in [5.41, 5.74) is 7.42. The van der Waals surface area contributed by atoms with Crippen molar-refractivity contribution < 1.29 is 13.9 Å². The Morgan fingerprint density at radius 2 is 1.95 bits per heavy atom. The van der Waals surface area contributed by atoms with Gasteiger partial charge in [-0.25, -0.2) is 4.39 Å². The Kier molecular flexibility index (Phi) is 4.32. The first-order chi connectivity index (χ1) is 9.63. The molecule has 3 N–H and O–H groups in total. The molecule has 0 spiro atoms. The summed E-state index contributed by atoms with van der Waals surface area (Å²) in [6, 6.07) is 11.1. The van der Waals surface area contributed by atoms with E-state index in [-0.39, 0.29) is 11.7 Å². The number of carbonyl (C=O) groups excluding carboxylic acids is 1. The smallest absolute Gasteiger partial charge is 0.255 e. The fourth-order valence-corrected chi connectivity index (χ4v) is 1.73. The van der Waals surface area contributed by atoms with Gasteiger partial charge in [0.2, 0.25) is 0 Å². The van der Waals surface area contributed by atoms with Crippen molar-refractivity contribution >= 4 is 11.6 Å². The molecule has 20 heavy (non-hydrogen) atoms. The molecular formula is C15H15FN2O2. The minimum Gasteiger partial charge on any atom is -0.494 e. The number of benzene rings is 2. The molecule has 0 aliphatic rings. The zero-order valence-corrected chi connectivity index (χ0v) is 11.0. The molecule has 2 aromatic carbocycles. The maximum Gasteiger partial charge on any atom is 0.255 e. The summed E-state index contributed by atoms with van der Waals surface area (Å²) in [5.74, 6) is -0.665. The van der Waals surface area contributed by atoms with Crippen LogP contribution in [-0.2, 0) is 6.54 Å². The summed E-state index contributed by atoms with van der Waals surface area (Å²) in [5, 5.41) is 2.68. The highest BCUT2D eigenvalue weighted by Gasteiger charge is 2.08. The van der Waals surface area contributed by atoms with Crippen LogP contribution in [0.3, 0.4) is 0 Å². The van der Waals surface area contributed by atoms with E-state index < -0.39 is 5.82 Å². The lowest BCUT2D eigenvalue weighted by atomic mass is 10.1. The molecule has 104 valence electrons. The van der Waals surface area contributed by atoms with E-state index >= 15 is 0 Å². The van der Waals surface area contributed by atoms with E-state index in [0.29, 0.717) is 17.8 Å². The van der Waals surface area contributed by atoms with Gasteiger partial charge in [-0.2, -0.15) is 0 Å². The second-order valence-electron chi connectivity index (χ2n) is 4.20. The fourth-order valence-electron chi connectivity index (χ4n) is 1.73. The first-order valence-electron chi connectivity index (χ1n) is 6.08. The molecule has 0 radical (unpaired) electrons. The number of methoxy groups -OCH3 is 1. The van der Waals surface area contributed by atoms with Gasteiger partial charge in [0.15, 0.2) is 11.6 Å². The van der Waals surface area contributed by atoms with Crippen LogP contribution in [0.5, 0.6) is 5.75 Å². The molecule has 0 fully saturated rings. The highest BCUT2D eigenvalue weighted by atomic mass is 19.1. The van der Waals surface area contributed by atoms with Crippen molar-refractivity contribution in [1.82, 2.24) is 0 Å². The van der Waals surface area contributed by atoms with E-state index in [0.717, 1.165) is 5.56 Å². The Morgan fingerprint density at radius 3 is 2.55 bits per heavy atom. The van der Waals surface area contributed by atoms with Gasteiger partial charge in [-0.1, -0.05) is 12.1 Å². The van der Waals surface area contributed by atoms with Crippen LogP contribution >= 0.6 is 0 Å². The maximum absolute atomic E-state index is 13.3. The average molecular weight is 274 g/mol. The third-order valence-electron chi connectivity index (χ3n) is 2.86. The lowest BCUT2D eigenvalue weighted by Crippen LogP contribution is -2.12. The predicted octanol–water partition coefficient (Wildman–Crippen LogP) is 2.55. The van der Waals surface area contributed by atoms with Crippen LogP contribution < -0.4 is 15.8 Å². The van der Waals surface area contributed by atoms with Gasteiger partial charge in [-0.3, -0.25) is 4.79 Å². The monoisotopic (exact) mass is 274 g/mol. The molecule has 0 bridgehead atoms. The van der Waals surface area contributed by atoms with Crippen molar-refractivity contribution in [1.29, 1.82) is 0 Å². The number of hydrogen-bond donors (Lipinski definition) is 2. The lowest BCUT2D eigenvalue weighted by Gasteiger charge is -2.08. The summed E-state index contributed by atoms with van der Waals surface area (Å²) < 4.78 is 18.1. The van der Waals surface area contributed by atoms with Gasteiger partial charge in [-0.05, 0) is 29.8 Å². The minimum absolute atomic E-state index is 0.0845. The van der Waals surface area contributed by atoms with Crippen molar-refractivity contribution in [3.05, 3.63) is 59.4 Å². The number of amides is 1. The lowest BCUT2D eigenvalue weighted by molar-refractivity contribution is 0.102. The van der Waals surface area contributed by atoms with Crippen molar-refractivity contribution in [3.63, 3.8) is 0 Å². The van der Waals surface area contributed by atoms with E-state index in [1.807, 2.05) is 0 Å². The molecular weight excluding hydrogens is 259 g/mol. The third-order valence-corrected chi connectivity index (χ3v) is 2.86. The van der Waals surface area contributed by atoms with E-state index in [1.54, 1.807) is 24.3 Å². The van der Waals surface area contributed by atoms with Crippen LogP contribution in [0.25, 0.3) is 0 Å². The number of nitrogens with one attached hydrogen (secondary N) is 1. The second-order valence-corrected chi connectivity index (χ2v) is 4.20. The van der Waals surface area contributed by atoms with Gasteiger partial charge in [0.25, 0.3) is 5.91 Å². The summed E-state index contributed by atoms with van der Waals surface area (Å²) in [6.07, 6.45) is 0. The molecule has 1 amide bonds. The van der Waals surface area contributed by atoms with Gasteiger partial charge >= 0.3 is 0 Å². The van der Waals surface area contributed by atoms with Crippen molar-refractivity contribution in [2.45, 2.75) is 6.54 Å². The molecule has 0 saturated heterocycles. The highest BCUT2D eigenvalue weighted by molar-refractivity contribution is 6.04. The van der Waals surface area contributed by atoms with Crippen LogP contribution in [0.1, 0.15) is 15.9 Å². The van der Waals surface area contributed by atoms with E-state index in [9.17, 15) is 9.18 Å². The Morgan fingerprint density at radius 1 is 1.25 bits per heavy atom. The Hall–Kier alpha value is -2.40. The van der Waals surface area contributed by atoms with Crippen LogP contribution in [0.4, 0.5) is 10.1 Å². The summed E-state index contributed by atoms with van der Waals surface area (Å²) in [7, 11) is 1.37. The molecule has 5 heteroatoms. The van der Waals surface area contributed by atoms with Crippen LogP contribution in [0, 0.1) is 5.82 Å². The van der Waals surface area contributed by atoms with Gasteiger partial charge in [0.05, 0.1) is 7.11 Å². The Labute approximate surface area is 116 Å². The molecule has 0 atom stereocenters. The van der Waals surface area contributed by atoms with Gasteiger partial charge in [0.1, 0.15) is 0 Å². The molecule has 0 aliphatic carbocycles. The number of hydrogen-bond acceptors (Lipinski definition) is 3. The van der Waals surface area contributed by atoms with E-state index in [1.165, 1.54) is 25.3 Å². The standard InChI is InChI=1S/C15H15FN2O2/c1-20-14-8-12(6-7-13(14)16)18-15(19)11-4-2-10(9-17)3-5-11/h2-8H,9,17H2,1H3,(H,18,19). The molecule has 0 saturated carbocycles. The van der Waals surface area contributed by atoms with E-state index in [2.05, 4.69) is 5.32 Å². The average Bonchev–Trinajstić information content (AvgIpc) is 2.49. The first kappa shape index (κ1) is 14.0. The second kappa shape index (κ2) is 6.16. The summed E-state index contributed by atoms with van der Waals surface area (Å²) in [4.78, 5) is 12.0. The molecule has 4 nitrogen and oxygen atoms in total. The normalized spacial score (nSPS) is 10.2. The number of anilines is 1. The number of carbonyl (C=O) groups is 1. The number of ether oxygens (including phenoxy) is 1. The highest BCUT2D eigenvalue weighted by Crippen LogP contribution is 2.21. The minimum atomic E-state index is -0.474. The summed E-state index contributed by atoms with van der Waals surface area (Å²) >= 11 is 0. The maximum atomic E-state index is 13.3. The molecule has 2 aromatic rings. The van der Waals surface area contributed by atoms with Gasteiger partial charge in [-0.15, -0.1) is 0 Å². The largest absolute Gasteiger partial charge is 0.494 e. The molecule has 0 aromatic heterocycles. The number of rotatable bonds is 4. The molecule has 0 aliphatic heterocycles. The van der Waals surface area contributed by atoms with E-state index in [4.69, 9.17) is 10.5 Å². The van der Waals surface area contributed by atoms with Crippen LogP contribution in [-0.4, -0.2) is 13.0 Å². The fraction of sp³-hybridized carbons (Fsp3) is 0.133. The molecule has 0 unspecified atom stereocenters. The van der Waals surface area contributed by atoms with Crippen molar-refractivity contribution in [3.8, 4) is 5.75 Å². The third kappa shape index (κ3) is 3.13. The zero-order chi connectivity index (χ0) is 14.5. The predicted molar refractivity (Wildman–Crippen MR) is 75.2 cm³/mol. The molecule has 0 heterocycles. The number of nitrogens with two attached hydrogens (primary N) is 1. The van der Waals surface area contributed by atoms with Crippen LogP contribution in [0.15, 0.2) is 42.5 Å².